The maximum Gasteiger partial charge on any atom is 0.0713 e. The lowest BCUT2D eigenvalue weighted by molar-refractivity contribution is 0.660. The number of aromatic nitrogens is 1. The minimum absolute atomic E-state index is 0.179. The first-order chi connectivity index (χ1) is 54.3. The van der Waals surface area contributed by atoms with E-state index in [1.807, 2.05) is 0 Å². The molecule has 3 heteroatoms. The highest BCUT2D eigenvalue weighted by molar-refractivity contribution is 6.26. The van der Waals surface area contributed by atoms with Gasteiger partial charge in [-0.25, -0.2) is 0 Å². The minimum atomic E-state index is -0.622. The Balaban J connectivity index is 0.647. The zero-order valence-electron chi connectivity index (χ0n) is 61.1. The Morgan fingerprint density at radius 2 is 0.627 bits per heavy atom. The zero-order chi connectivity index (χ0) is 72.8. The summed E-state index contributed by atoms with van der Waals surface area (Å²) >= 11 is 0. The fourth-order valence-corrected chi connectivity index (χ4v) is 19.4. The molecule has 0 atom stereocenters. The van der Waals surface area contributed by atoms with Crippen molar-refractivity contribution in [3.8, 4) is 72.4 Å². The average molecular weight is 1400 g/mol. The summed E-state index contributed by atoms with van der Waals surface area (Å²) in [6.07, 6.45) is 0.940. The van der Waals surface area contributed by atoms with Gasteiger partial charge in [-0.15, -0.1) is 0 Å². The third-order valence-electron chi connectivity index (χ3n) is 24.5. The van der Waals surface area contributed by atoms with Crippen molar-refractivity contribution in [2.75, 3.05) is 9.80 Å². The Labute approximate surface area is 640 Å². The topological polar surface area (TPSA) is 11.4 Å². The number of rotatable bonds is 12. The number of hydrogen-bond acceptors (Lipinski definition) is 2. The van der Waals surface area contributed by atoms with E-state index in [9.17, 15) is 0 Å². The van der Waals surface area contributed by atoms with Gasteiger partial charge in [0.25, 0.3) is 0 Å². The van der Waals surface area contributed by atoms with Gasteiger partial charge in [0.05, 0.1) is 16.4 Å². The maximum atomic E-state index is 2.48. The molecule has 3 nitrogen and oxygen atoms in total. The van der Waals surface area contributed by atoms with Crippen molar-refractivity contribution < 1.29 is 0 Å². The van der Waals surface area contributed by atoms with Gasteiger partial charge in [0.15, 0.2) is 0 Å². The maximum absolute atomic E-state index is 2.48. The van der Waals surface area contributed by atoms with E-state index in [-0.39, 0.29) is 5.41 Å². The minimum Gasteiger partial charge on any atom is -0.311 e. The van der Waals surface area contributed by atoms with Crippen LogP contribution < -0.4 is 9.80 Å². The molecular formula is C107H73N3. The number of anilines is 6. The molecule has 0 radical (unpaired) electrons. The molecule has 3 aliphatic rings. The number of hydrogen-bond donors (Lipinski definition) is 0. The summed E-state index contributed by atoms with van der Waals surface area (Å²) in [7, 11) is 0. The van der Waals surface area contributed by atoms with Gasteiger partial charge in [0.1, 0.15) is 0 Å². The van der Waals surface area contributed by atoms with Crippen LogP contribution in [0.2, 0.25) is 0 Å². The Morgan fingerprint density at radius 1 is 0.236 bits per heavy atom. The molecule has 0 fully saturated rings. The fraction of sp³-hybridized carbons (Fsp3) is 0.0467. The predicted octanol–water partition coefficient (Wildman–Crippen LogP) is 28.4. The molecule has 19 aromatic rings. The van der Waals surface area contributed by atoms with Crippen molar-refractivity contribution in [3.05, 3.63) is 439 Å². The average Bonchev–Trinajstić information content (AvgIpc) is 1.51. The molecule has 0 amide bonds. The molecule has 18 aromatic carbocycles. The van der Waals surface area contributed by atoms with Gasteiger partial charge >= 0.3 is 0 Å². The summed E-state index contributed by atoms with van der Waals surface area (Å²) in [5, 5.41) is 9.87. The summed E-state index contributed by atoms with van der Waals surface area (Å²) in [5.41, 5.74) is 34.8. The lowest BCUT2D eigenvalue weighted by Gasteiger charge is -2.34. The first kappa shape index (κ1) is 63.4. The SMILES string of the molecule is CC1(C)c2ccccc2-c2ccc(N(c3ccc(-n4c5ccccc5c5ccccc54)cc3)c3ccc4c5cc(-c6ccc(C7(c8ccc(N(c9ccc(-c%10ccccc%10)cc9)c9ccc(-c%10cccc%11c%10Cc%10ccccc%10-%11)cc9)cc8)c8ccccc8-c8ccccc87)cc6)ccc5c5ccccc5c4c3)cc21. The van der Waals surface area contributed by atoms with E-state index in [0.29, 0.717) is 0 Å². The van der Waals surface area contributed by atoms with E-state index in [1.165, 1.54) is 160 Å². The van der Waals surface area contributed by atoms with Crippen LogP contribution in [-0.4, -0.2) is 4.57 Å². The van der Waals surface area contributed by atoms with Gasteiger partial charge < -0.3 is 14.4 Å². The van der Waals surface area contributed by atoms with Crippen LogP contribution in [0, 0.1) is 0 Å². The van der Waals surface area contributed by atoms with E-state index >= 15 is 0 Å². The third-order valence-corrected chi connectivity index (χ3v) is 24.5. The Morgan fingerprint density at radius 3 is 1.28 bits per heavy atom. The van der Waals surface area contributed by atoms with Gasteiger partial charge in [-0.3, -0.25) is 0 Å². The monoisotopic (exact) mass is 1400 g/mol. The lowest BCUT2D eigenvalue weighted by atomic mass is 9.67. The van der Waals surface area contributed by atoms with E-state index in [4.69, 9.17) is 0 Å². The van der Waals surface area contributed by atoms with Crippen molar-refractivity contribution >= 4 is 88.2 Å². The third kappa shape index (κ3) is 9.70. The van der Waals surface area contributed by atoms with Crippen LogP contribution in [0.4, 0.5) is 34.1 Å². The highest BCUT2D eigenvalue weighted by Crippen LogP contribution is 2.58. The standard InChI is InChI=1S/C107H73N3/c1-106(2)100-34-15-10-27-91(100)94-64-61-83(68-103(94)106)109(80-56-58-81(59-57-80)110-104-37-18-13-30-95(104)96-31-14-19-38-105(96)110)82-60-63-90-98-65-73(45-62-89(98)87-25-8-9-26-88(87)99(90)67-82)71-39-46-75(47-40-71)107(101-35-16-11-28-92(101)93-29-12-17-36-102(93)107)76-48-54-79(55-49-76)108(77-50-41-70(42-51-77)69-21-4-3-5-22-69)78-52-43-72(44-53-78)84-32-20-33-86-85-24-7-6-23-74(85)66-97(84)86/h3-65,67-68H,66H2,1-2H3. The molecule has 0 spiro atoms. The Bertz CT molecular complexity index is 6820. The zero-order valence-corrected chi connectivity index (χ0v) is 61.1. The van der Waals surface area contributed by atoms with Gasteiger partial charge in [-0.2, -0.15) is 0 Å². The number of benzene rings is 18. The molecule has 0 N–H and O–H groups in total. The van der Waals surface area contributed by atoms with Crippen molar-refractivity contribution in [2.45, 2.75) is 31.1 Å². The summed E-state index contributed by atoms with van der Waals surface area (Å²) in [6.45, 7) is 4.76. The largest absolute Gasteiger partial charge is 0.311 e. The van der Waals surface area contributed by atoms with Gasteiger partial charge in [-0.1, -0.05) is 305 Å². The summed E-state index contributed by atoms with van der Waals surface area (Å²) in [4.78, 5) is 4.89. The van der Waals surface area contributed by atoms with E-state index in [1.54, 1.807) is 0 Å². The Kier molecular flexibility index (Phi) is 14.3. The fourth-order valence-electron chi connectivity index (χ4n) is 19.4. The molecule has 1 aromatic heterocycles. The van der Waals surface area contributed by atoms with Crippen LogP contribution in [0.1, 0.15) is 58.4 Å². The number of nitrogens with zero attached hydrogens (tertiary/aromatic N) is 3. The summed E-state index contributed by atoms with van der Waals surface area (Å²) in [6, 6.07) is 148. The number of fused-ring (bicyclic) bond motifs is 18. The molecule has 0 bridgehead atoms. The van der Waals surface area contributed by atoms with Crippen LogP contribution in [0.25, 0.3) is 127 Å². The first-order valence-corrected chi connectivity index (χ1v) is 38.5. The summed E-state index contributed by atoms with van der Waals surface area (Å²) in [5.74, 6) is 0. The second-order valence-corrected chi connectivity index (χ2v) is 30.6. The number of para-hydroxylation sites is 2. The normalized spacial score (nSPS) is 13.3. The van der Waals surface area contributed by atoms with Gasteiger partial charge in [0, 0.05) is 56.0 Å². The lowest BCUT2D eigenvalue weighted by Crippen LogP contribution is -2.28. The highest BCUT2D eigenvalue weighted by Gasteiger charge is 2.46. The molecule has 0 unspecified atom stereocenters. The smallest absolute Gasteiger partial charge is 0.0713 e. The van der Waals surface area contributed by atoms with Crippen molar-refractivity contribution in [2.24, 2.45) is 0 Å². The van der Waals surface area contributed by atoms with E-state index in [0.717, 1.165) is 51.8 Å². The molecule has 110 heavy (non-hydrogen) atoms. The van der Waals surface area contributed by atoms with Crippen LogP contribution in [0.15, 0.2) is 394 Å². The van der Waals surface area contributed by atoms with Crippen molar-refractivity contribution in [3.63, 3.8) is 0 Å². The first-order valence-electron chi connectivity index (χ1n) is 38.5. The van der Waals surface area contributed by atoms with Crippen molar-refractivity contribution in [1.29, 1.82) is 0 Å². The molecule has 3 aliphatic carbocycles. The quantitative estimate of drug-likeness (QED) is 0.113. The second-order valence-electron chi connectivity index (χ2n) is 30.6. The Hall–Kier alpha value is -13.9. The molecule has 0 saturated heterocycles. The molecule has 516 valence electrons. The highest BCUT2D eigenvalue weighted by atomic mass is 15.1. The van der Waals surface area contributed by atoms with Crippen LogP contribution >= 0.6 is 0 Å². The summed E-state index contributed by atoms with van der Waals surface area (Å²) < 4.78 is 2.41. The van der Waals surface area contributed by atoms with Crippen LogP contribution in [0.3, 0.4) is 0 Å². The van der Waals surface area contributed by atoms with E-state index < -0.39 is 5.41 Å². The second kappa shape index (κ2) is 24.9. The van der Waals surface area contributed by atoms with Gasteiger partial charge in [-0.05, 0) is 253 Å². The molecule has 0 saturated carbocycles. The molecular weight excluding hydrogens is 1330 g/mol. The molecule has 22 rings (SSSR count). The van der Waals surface area contributed by atoms with Gasteiger partial charge in [0.2, 0.25) is 0 Å². The van der Waals surface area contributed by atoms with E-state index in [2.05, 4.69) is 423 Å². The molecule has 1 heterocycles. The van der Waals surface area contributed by atoms with Crippen LogP contribution in [0.5, 0.6) is 0 Å². The van der Waals surface area contributed by atoms with Crippen molar-refractivity contribution in [1.82, 2.24) is 4.57 Å². The molecule has 0 aliphatic heterocycles. The van der Waals surface area contributed by atoms with Crippen LogP contribution in [-0.2, 0) is 17.3 Å². The predicted molar refractivity (Wildman–Crippen MR) is 462 cm³/mol.